The summed E-state index contributed by atoms with van der Waals surface area (Å²) in [6.07, 6.45) is 3.54. The predicted octanol–water partition coefficient (Wildman–Crippen LogP) is 2.57. The number of carbonyl (C=O) groups excluding carboxylic acids is 1. The van der Waals surface area contributed by atoms with Crippen LogP contribution in [0, 0.1) is 10.1 Å². The number of thioether (sulfide) groups is 1. The molecule has 1 N–H and O–H groups in total. The summed E-state index contributed by atoms with van der Waals surface area (Å²) >= 11 is 1.39. The number of benzene rings is 1. The molecule has 0 bridgehead atoms. The van der Waals surface area contributed by atoms with Gasteiger partial charge in [0.1, 0.15) is 11.3 Å². The van der Waals surface area contributed by atoms with Crippen molar-refractivity contribution in [2.75, 3.05) is 33.5 Å². The molecule has 0 aromatic heterocycles. The molecule has 0 spiro atoms. The molecule has 7 nitrogen and oxygen atoms in total. The van der Waals surface area contributed by atoms with Crippen molar-refractivity contribution in [2.24, 2.45) is 0 Å². The van der Waals surface area contributed by atoms with Gasteiger partial charge in [0.05, 0.1) is 23.0 Å². The van der Waals surface area contributed by atoms with E-state index >= 15 is 0 Å². The van der Waals surface area contributed by atoms with Gasteiger partial charge in [-0.15, -0.1) is 24.2 Å². The Labute approximate surface area is 151 Å². The number of hydrogen-bond donors (Lipinski definition) is 1. The Bertz CT molecular complexity index is 607. The number of nitrogens with zero attached hydrogens (tertiary/aromatic N) is 2. The van der Waals surface area contributed by atoms with Crippen molar-refractivity contribution in [3.05, 3.63) is 27.8 Å². The third kappa shape index (κ3) is 4.31. The summed E-state index contributed by atoms with van der Waals surface area (Å²) in [6, 6.07) is 3.29. The van der Waals surface area contributed by atoms with Gasteiger partial charge in [0, 0.05) is 19.1 Å². The first-order valence-electron chi connectivity index (χ1n) is 7.38. The molecule has 0 aliphatic carbocycles. The van der Waals surface area contributed by atoms with Gasteiger partial charge in [0.15, 0.2) is 0 Å². The van der Waals surface area contributed by atoms with E-state index in [9.17, 15) is 14.9 Å². The molecule has 1 amide bonds. The second-order valence-electron chi connectivity index (χ2n) is 5.34. The van der Waals surface area contributed by atoms with Gasteiger partial charge in [-0.3, -0.25) is 14.9 Å². The molecule has 134 valence electrons. The number of halogens is 1. The van der Waals surface area contributed by atoms with Crippen LogP contribution in [-0.4, -0.2) is 55.3 Å². The summed E-state index contributed by atoms with van der Waals surface area (Å²) in [7, 11) is 3.37. The van der Waals surface area contributed by atoms with Crippen LogP contribution >= 0.6 is 24.2 Å². The minimum absolute atomic E-state index is 0. The number of carbonyl (C=O) groups is 1. The topological polar surface area (TPSA) is 84.7 Å². The number of nitro groups is 1. The second kappa shape index (κ2) is 9.10. The van der Waals surface area contributed by atoms with Crippen molar-refractivity contribution < 1.29 is 14.5 Å². The van der Waals surface area contributed by atoms with Crippen LogP contribution in [0.25, 0.3) is 0 Å². The first-order valence-corrected chi connectivity index (χ1v) is 8.61. The normalized spacial score (nSPS) is 14.9. The molecule has 1 aromatic carbocycles. The highest BCUT2D eigenvalue weighted by molar-refractivity contribution is 7.98. The van der Waals surface area contributed by atoms with Crippen LogP contribution in [0.3, 0.4) is 0 Å². The lowest BCUT2D eigenvalue weighted by molar-refractivity contribution is -0.385. The summed E-state index contributed by atoms with van der Waals surface area (Å²) < 4.78 is 5.18. The quantitative estimate of drug-likeness (QED) is 0.483. The number of likely N-dealkylation sites (tertiary alicyclic amines) is 1. The zero-order valence-corrected chi connectivity index (χ0v) is 15.5. The molecule has 1 aliphatic heterocycles. The summed E-state index contributed by atoms with van der Waals surface area (Å²) in [6.45, 7) is 1.20. The van der Waals surface area contributed by atoms with Gasteiger partial charge in [0.2, 0.25) is 0 Å². The van der Waals surface area contributed by atoms with Crippen LogP contribution in [0.1, 0.15) is 23.2 Å². The molecular formula is C15H22ClN3O4S. The van der Waals surface area contributed by atoms with Crippen molar-refractivity contribution >= 4 is 35.8 Å². The van der Waals surface area contributed by atoms with Gasteiger partial charge < -0.3 is 15.0 Å². The van der Waals surface area contributed by atoms with Gasteiger partial charge in [0.25, 0.3) is 11.6 Å². The van der Waals surface area contributed by atoms with E-state index < -0.39 is 4.92 Å². The first kappa shape index (κ1) is 20.5. The zero-order valence-electron chi connectivity index (χ0n) is 13.9. The highest BCUT2D eigenvalue weighted by Crippen LogP contribution is 2.35. The Morgan fingerprint density at radius 3 is 2.50 bits per heavy atom. The Balaban J connectivity index is 0.00000288. The number of ether oxygens (including phenoxy) is 1. The Morgan fingerprint density at radius 2 is 2.04 bits per heavy atom. The number of piperidine rings is 1. The molecule has 1 aliphatic rings. The molecule has 0 atom stereocenters. The van der Waals surface area contributed by atoms with E-state index in [1.807, 2.05) is 13.3 Å². The summed E-state index contributed by atoms with van der Waals surface area (Å²) in [5, 5.41) is 14.5. The molecule has 1 saturated heterocycles. The van der Waals surface area contributed by atoms with E-state index in [1.54, 1.807) is 11.0 Å². The van der Waals surface area contributed by atoms with E-state index in [-0.39, 0.29) is 29.6 Å². The fourth-order valence-corrected chi connectivity index (χ4v) is 3.31. The standard InChI is InChI=1S/C15H21N3O4S.ClH/c1-16-10-4-6-17(7-5-10)15(19)11-8-14(23-3)13(22-2)9-12(11)18(20)21;/h8-10,16H,4-7H2,1-3H3;1H. The summed E-state index contributed by atoms with van der Waals surface area (Å²) in [5.74, 6) is 0.124. The lowest BCUT2D eigenvalue weighted by Crippen LogP contribution is -2.44. The van der Waals surface area contributed by atoms with Crippen LogP contribution in [0.2, 0.25) is 0 Å². The fourth-order valence-electron chi connectivity index (χ4n) is 2.73. The summed E-state index contributed by atoms with van der Waals surface area (Å²) in [5.41, 5.74) is -0.0801. The fraction of sp³-hybridized carbons (Fsp3) is 0.533. The van der Waals surface area contributed by atoms with Crippen LogP contribution in [0.5, 0.6) is 5.75 Å². The van der Waals surface area contributed by atoms with E-state index in [4.69, 9.17) is 4.74 Å². The van der Waals surface area contributed by atoms with Crippen LogP contribution in [-0.2, 0) is 0 Å². The Morgan fingerprint density at radius 1 is 1.42 bits per heavy atom. The van der Waals surface area contributed by atoms with Crippen LogP contribution in [0.4, 0.5) is 5.69 Å². The molecule has 1 heterocycles. The van der Waals surface area contributed by atoms with Crippen molar-refractivity contribution in [3.63, 3.8) is 0 Å². The van der Waals surface area contributed by atoms with Gasteiger partial charge in [-0.25, -0.2) is 0 Å². The largest absolute Gasteiger partial charge is 0.495 e. The highest BCUT2D eigenvalue weighted by atomic mass is 35.5. The minimum atomic E-state index is -0.528. The number of amides is 1. The number of methoxy groups -OCH3 is 1. The van der Waals surface area contributed by atoms with Crippen molar-refractivity contribution in [2.45, 2.75) is 23.8 Å². The minimum Gasteiger partial charge on any atom is -0.495 e. The van der Waals surface area contributed by atoms with Crippen molar-refractivity contribution in [3.8, 4) is 5.75 Å². The summed E-state index contributed by atoms with van der Waals surface area (Å²) in [4.78, 5) is 26.0. The second-order valence-corrected chi connectivity index (χ2v) is 6.18. The zero-order chi connectivity index (χ0) is 17.0. The lowest BCUT2D eigenvalue weighted by Gasteiger charge is -2.31. The molecule has 1 aromatic rings. The molecular weight excluding hydrogens is 354 g/mol. The maximum absolute atomic E-state index is 12.7. The lowest BCUT2D eigenvalue weighted by atomic mass is 10.0. The molecule has 2 rings (SSSR count). The number of nitrogens with one attached hydrogen (secondary N) is 1. The Hall–Kier alpha value is -1.51. The number of hydrogen-bond acceptors (Lipinski definition) is 6. The average molecular weight is 376 g/mol. The van der Waals surface area contributed by atoms with E-state index in [0.717, 1.165) is 12.8 Å². The van der Waals surface area contributed by atoms with Crippen LogP contribution < -0.4 is 10.1 Å². The molecule has 0 saturated carbocycles. The predicted molar refractivity (Wildman–Crippen MR) is 96.7 cm³/mol. The van der Waals surface area contributed by atoms with Gasteiger partial charge in [-0.05, 0) is 32.2 Å². The van der Waals surface area contributed by atoms with Crippen LogP contribution in [0.15, 0.2) is 17.0 Å². The molecule has 24 heavy (non-hydrogen) atoms. The third-order valence-corrected chi connectivity index (χ3v) is 4.88. The maximum atomic E-state index is 12.7. The third-order valence-electron chi connectivity index (χ3n) is 4.12. The molecule has 0 unspecified atom stereocenters. The van der Waals surface area contributed by atoms with E-state index in [1.165, 1.54) is 24.9 Å². The Kier molecular flexibility index (Phi) is 7.78. The van der Waals surface area contributed by atoms with Gasteiger partial charge in [-0.2, -0.15) is 0 Å². The molecule has 0 radical (unpaired) electrons. The van der Waals surface area contributed by atoms with E-state index in [2.05, 4.69) is 5.32 Å². The average Bonchev–Trinajstić information content (AvgIpc) is 2.59. The van der Waals surface area contributed by atoms with Gasteiger partial charge >= 0.3 is 0 Å². The SMILES string of the molecule is CNC1CCN(C(=O)c2cc(SC)c(OC)cc2[N+](=O)[O-])CC1.Cl. The molecule has 9 heteroatoms. The maximum Gasteiger partial charge on any atom is 0.285 e. The smallest absolute Gasteiger partial charge is 0.285 e. The van der Waals surface area contributed by atoms with E-state index in [0.29, 0.717) is 29.8 Å². The van der Waals surface area contributed by atoms with Crippen molar-refractivity contribution in [1.82, 2.24) is 10.2 Å². The van der Waals surface area contributed by atoms with Crippen molar-refractivity contribution in [1.29, 1.82) is 0 Å². The number of rotatable bonds is 5. The first-order chi connectivity index (χ1) is 11.0. The number of nitro benzene ring substituents is 1. The molecule has 1 fully saturated rings. The highest BCUT2D eigenvalue weighted by Gasteiger charge is 2.29. The monoisotopic (exact) mass is 375 g/mol. The van der Waals surface area contributed by atoms with Gasteiger partial charge in [-0.1, -0.05) is 0 Å².